The second kappa shape index (κ2) is 1.93. The Kier molecular flexibility index (Phi) is 1.08. The van der Waals surface area contributed by atoms with Gasteiger partial charge in [0.25, 0.3) is 0 Å². The lowest BCUT2D eigenvalue weighted by atomic mass is 10.0. The van der Waals surface area contributed by atoms with Crippen molar-refractivity contribution in [1.82, 2.24) is 0 Å². The Labute approximate surface area is 72.5 Å². The van der Waals surface area contributed by atoms with Gasteiger partial charge in [-0.25, -0.2) is 0 Å². The Morgan fingerprint density at radius 2 is 1.83 bits per heavy atom. The van der Waals surface area contributed by atoms with Crippen molar-refractivity contribution >= 4 is 5.78 Å². The van der Waals surface area contributed by atoms with Gasteiger partial charge in [-0.1, -0.05) is 0 Å². The molecule has 0 radical (unpaired) electrons. The Morgan fingerprint density at radius 3 is 2.33 bits per heavy atom. The second-order valence-electron chi connectivity index (χ2n) is 4.52. The molecule has 12 heavy (non-hydrogen) atoms. The zero-order valence-corrected chi connectivity index (χ0v) is 6.99. The van der Waals surface area contributed by atoms with Gasteiger partial charge in [0.1, 0.15) is 0 Å². The smallest absolute Gasteiger partial charge is 0.208 e. The van der Waals surface area contributed by atoms with Crippen molar-refractivity contribution in [2.24, 2.45) is 29.6 Å². The average molecular weight is 160 g/mol. The number of Topliss-reactive ketones (excluding diaryl/α,β-unsaturated/α-hetero) is 1. The fourth-order valence-electron chi connectivity index (χ4n) is 3.77. The lowest BCUT2D eigenvalue weighted by molar-refractivity contribution is -0.115. The van der Waals surface area contributed by atoms with Crippen LogP contribution in [-0.2, 0) is 4.79 Å². The van der Waals surface area contributed by atoms with E-state index in [1.165, 1.54) is 19.3 Å². The monoisotopic (exact) mass is 160 g/mol. The maximum atomic E-state index is 11.3. The molecule has 3 saturated carbocycles. The maximum Gasteiger partial charge on any atom is 0.208 e. The van der Waals surface area contributed by atoms with E-state index < -0.39 is 0 Å². The molecule has 3 aliphatic rings. The summed E-state index contributed by atoms with van der Waals surface area (Å²) in [7, 11) is 0. The Hall–Kier alpha value is -0.770. The Morgan fingerprint density at radius 1 is 1.25 bits per heavy atom. The molecule has 0 aliphatic heterocycles. The van der Waals surface area contributed by atoms with Crippen LogP contribution in [0, 0.1) is 41.9 Å². The van der Waals surface area contributed by atoms with Crippen molar-refractivity contribution in [2.45, 2.75) is 19.3 Å². The van der Waals surface area contributed by atoms with Crippen LogP contribution < -0.4 is 0 Å². The van der Waals surface area contributed by atoms with Gasteiger partial charge in [-0.15, -0.1) is 6.42 Å². The number of fused-ring (bicyclic) bond motifs is 5. The summed E-state index contributed by atoms with van der Waals surface area (Å²) in [5.74, 6) is 5.82. The predicted molar refractivity (Wildman–Crippen MR) is 45.1 cm³/mol. The van der Waals surface area contributed by atoms with Crippen molar-refractivity contribution in [2.75, 3.05) is 0 Å². The SMILES string of the molecule is C#CC(=O)C1C2C3CCC(C3)C12. The first-order chi connectivity index (χ1) is 5.83. The molecule has 0 amide bonds. The normalized spacial score (nSPS) is 53.1. The Balaban J connectivity index is 1.83. The summed E-state index contributed by atoms with van der Waals surface area (Å²) in [4.78, 5) is 11.3. The largest absolute Gasteiger partial charge is 0.285 e. The van der Waals surface area contributed by atoms with Gasteiger partial charge in [0.2, 0.25) is 5.78 Å². The minimum atomic E-state index is 0.0848. The third-order valence-electron chi connectivity index (χ3n) is 4.18. The van der Waals surface area contributed by atoms with Crippen LogP contribution in [0.15, 0.2) is 0 Å². The molecular formula is C11H12O. The highest BCUT2D eigenvalue weighted by Crippen LogP contribution is 2.69. The minimum absolute atomic E-state index is 0.0848. The number of terminal acetylenes is 1. The molecule has 0 saturated heterocycles. The van der Waals surface area contributed by atoms with Gasteiger partial charge in [-0.2, -0.15) is 0 Å². The number of carbonyl (C=O) groups is 1. The number of hydrogen-bond donors (Lipinski definition) is 0. The first kappa shape index (κ1) is 6.71. The van der Waals surface area contributed by atoms with Crippen LogP contribution in [0.25, 0.3) is 0 Å². The molecule has 3 fully saturated rings. The molecular weight excluding hydrogens is 148 g/mol. The summed E-state index contributed by atoms with van der Waals surface area (Å²) in [6.45, 7) is 0. The fourth-order valence-corrected chi connectivity index (χ4v) is 3.77. The molecule has 4 unspecified atom stereocenters. The van der Waals surface area contributed by atoms with Crippen LogP contribution in [0.2, 0.25) is 0 Å². The highest BCUT2D eigenvalue weighted by molar-refractivity contribution is 5.99. The molecule has 0 aromatic rings. The molecule has 62 valence electrons. The Bertz CT molecular complexity index is 270. The lowest BCUT2D eigenvalue weighted by Gasteiger charge is -2.04. The van der Waals surface area contributed by atoms with Crippen molar-refractivity contribution in [3.8, 4) is 12.3 Å². The van der Waals surface area contributed by atoms with Crippen molar-refractivity contribution < 1.29 is 4.79 Å². The van der Waals surface area contributed by atoms with E-state index in [-0.39, 0.29) is 5.78 Å². The zero-order chi connectivity index (χ0) is 8.29. The highest BCUT2D eigenvalue weighted by atomic mass is 16.1. The van der Waals surface area contributed by atoms with Gasteiger partial charge in [-0.3, -0.25) is 4.79 Å². The fraction of sp³-hybridized carbons (Fsp3) is 0.727. The van der Waals surface area contributed by atoms with Gasteiger partial charge in [-0.05, 0) is 48.9 Å². The van der Waals surface area contributed by atoms with E-state index in [1.807, 2.05) is 0 Å². The average Bonchev–Trinajstić information content (AvgIpc) is 2.53. The number of carbonyl (C=O) groups excluding carboxylic acids is 1. The summed E-state index contributed by atoms with van der Waals surface area (Å²) < 4.78 is 0. The summed E-state index contributed by atoms with van der Waals surface area (Å²) in [6, 6.07) is 0. The molecule has 4 atom stereocenters. The molecule has 0 aromatic carbocycles. The van der Waals surface area contributed by atoms with Crippen molar-refractivity contribution in [3.05, 3.63) is 0 Å². The standard InChI is InChI=1S/C11H12O/c1-2-8(12)11-9-6-3-4-7(5-6)10(9)11/h1,6-7,9-11H,3-5H2. The minimum Gasteiger partial charge on any atom is -0.285 e. The second-order valence-corrected chi connectivity index (χ2v) is 4.52. The third-order valence-corrected chi connectivity index (χ3v) is 4.18. The highest BCUT2D eigenvalue weighted by Gasteiger charge is 2.66. The van der Waals surface area contributed by atoms with E-state index in [9.17, 15) is 4.79 Å². The third kappa shape index (κ3) is 0.602. The van der Waals surface area contributed by atoms with Gasteiger partial charge in [0.15, 0.2) is 0 Å². The van der Waals surface area contributed by atoms with Crippen LogP contribution in [0.3, 0.4) is 0 Å². The molecule has 0 aromatic heterocycles. The molecule has 1 nitrogen and oxygen atoms in total. The number of hydrogen-bond acceptors (Lipinski definition) is 1. The van der Waals surface area contributed by atoms with Crippen LogP contribution in [0.1, 0.15) is 19.3 Å². The molecule has 0 N–H and O–H groups in total. The van der Waals surface area contributed by atoms with E-state index >= 15 is 0 Å². The summed E-state index contributed by atoms with van der Waals surface area (Å²) in [6.07, 6.45) is 9.24. The predicted octanol–water partition coefficient (Wildman–Crippen LogP) is 1.48. The summed E-state index contributed by atoms with van der Waals surface area (Å²) in [5.41, 5.74) is 0. The van der Waals surface area contributed by atoms with Crippen LogP contribution in [0.5, 0.6) is 0 Å². The van der Waals surface area contributed by atoms with Crippen LogP contribution in [-0.4, -0.2) is 5.78 Å². The van der Waals surface area contributed by atoms with E-state index in [0.29, 0.717) is 17.8 Å². The summed E-state index contributed by atoms with van der Waals surface area (Å²) in [5, 5.41) is 0. The van der Waals surface area contributed by atoms with Crippen LogP contribution >= 0.6 is 0 Å². The molecule has 3 aliphatic carbocycles. The van der Waals surface area contributed by atoms with Crippen LogP contribution in [0.4, 0.5) is 0 Å². The van der Waals surface area contributed by atoms with E-state index in [2.05, 4.69) is 5.92 Å². The summed E-state index contributed by atoms with van der Waals surface area (Å²) >= 11 is 0. The van der Waals surface area contributed by atoms with Crippen molar-refractivity contribution in [3.63, 3.8) is 0 Å². The first-order valence-electron chi connectivity index (χ1n) is 4.83. The number of ketones is 1. The van der Waals surface area contributed by atoms with E-state index in [0.717, 1.165) is 11.8 Å². The van der Waals surface area contributed by atoms with Gasteiger partial charge in [0.05, 0.1) is 0 Å². The van der Waals surface area contributed by atoms with Crippen molar-refractivity contribution in [1.29, 1.82) is 0 Å². The first-order valence-corrected chi connectivity index (χ1v) is 4.83. The van der Waals surface area contributed by atoms with Gasteiger partial charge < -0.3 is 0 Å². The van der Waals surface area contributed by atoms with Gasteiger partial charge in [0, 0.05) is 5.92 Å². The van der Waals surface area contributed by atoms with E-state index in [4.69, 9.17) is 6.42 Å². The lowest BCUT2D eigenvalue weighted by Crippen LogP contribution is -2.06. The number of rotatable bonds is 1. The molecule has 2 bridgehead atoms. The quantitative estimate of drug-likeness (QED) is 0.419. The van der Waals surface area contributed by atoms with E-state index in [1.54, 1.807) is 0 Å². The molecule has 0 heterocycles. The van der Waals surface area contributed by atoms with Gasteiger partial charge >= 0.3 is 0 Å². The molecule has 3 rings (SSSR count). The molecule has 1 heteroatoms. The zero-order valence-electron chi connectivity index (χ0n) is 6.99. The topological polar surface area (TPSA) is 17.1 Å². The molecule has 0 spiro atoms. The maximum absolute atomic E-state index is 11.3.